The summed E-state index contributed by atoms with van der Waals surface area (Å²) >= 11 is 0. The number of ether oxygens (including phenoxy) is 3. The van der Waals surface area contributed by atoms with Gasteiger partial charge in [-0.15, -0.1) is 0 Å². The average molecular weight is 321 g/mol. The zero-order valence-electron chi connectivity index (χ0n) is 12.7. The summed E-state index contributed by atoms with van der Waals surface area (Å²) in [5, 5.41) is 9.33. The maximum absolute atomic E-state index is 11.5. The Bertz CT molecular complexity index is 541. The fourth-order valence-corrected chi connectivity index (χ4v) is 2.89. The highest BCUT2D eigenvalue weighted by atomic mass is 32.2. The van der Waals surface area contributed by atoms with E-state index in [4.69, 9.17) is 19.3 Å². The van der Waals surface area contributed by atoms with E-state index in [0.717, 1.165) is 0 Å². The Hall–Kier alpha value is -1.00. The van der Waals surface area contributed by atoms with Gasteiger partial charge in [0.25, 0.3) is 0 Å². The van der Waals surface area contributed by atoms with Gasteiger partial charge in [-0.25, -0.2) is 13.6 Å². The molecule has 9 heteroatoms. The maximum atomic E-state index is 11.5. The van der Waals surface area contributed by atoms with Crippen LogP contribution in [0.5, 0.6) is 0 Å². The molecule has 1 aromatic heterocycles. The zero-order valence-corrected chi connectivity index (χ0v) is 13.5. The van der Waals surface area contributed by atoms with Crippen molar-refractivity contribution in [3.63, 3.8) is 0 Å². The molecule has 0 spiro atoms. The molecule has 0 aliphatic rings. The van der Waals surface area contributed by atoms with Gasteiger partial charge in [0.1, 0.15) is 4.90 Å². The van der Waals surface area contributed by atoms with Crippen LogP contribution in [0.3, 0.4) is 0 Å². The van der Waals surface area contributed by atoms with Crippen LogP contribution in [0.15, 0.2) is 4.90 Å². The zero-order chi connectivity index (χ0) is 15.9. The minimum atomic E-state index is -3.75. The quantitative estimate of drug-likeness (QED) is 0.600. The number of primary sulfonamides is 1. The number of nitrogens with zero attached hydrogens (tertiary/aromatic N) is 2. The molecule has 0 radical (unpaired) electrons. The fraction of sp³-hybridized carbons (Fsp3) is 0.750. The highest BCUT2D eigenvalue weighted by Gasteiger charge is 2.20. The Morgan fingerprint density at radius 1 is 1.10 bits per heavy atom. The van der Waals surface area contributed by atoms with Gasteiger partial charge in [0.2, 0.25) is 10.0 Å². The molecule has 122 valence electrons. The average Bonchev–Trinajstić information content (AvgIpc) is 2.67. The Morgan fingerprint density at radius 2 is 1.67 bits per heavy atom. The van der Waals surface area contributed by atoms with Gasteiger partial charge in [-0.2, -0.15) is 5.10 Å². The molecule has 0 saturated carbocycles. The van der Waals surface area contributed by atoms with Gasteiger partial charge in [0.05, 0.1) is 51.0 Å². The van der Waals surface area contributed by atoms with Crippen LogP contribution >= 0.6 is 0 Å². The Kier molecular flexibility index (Phi) is 7.26. The lowest BCUT2D eigenvalue weighted by atomic mass is 10.4. The first-order chi connectivity index (χ1) is 9.88. The van der Waals surface area contributed by atoms with Crippen LogP contribution in [0.2, 0.25) is 0 Å². The van der Waals surface area contributed by atoms with E-state index in [1.54, 1.807) is 25.6 Å². The third-order valence-corrected chi connectivity index (χ3v) is 4.01. The third kappa shape index (κ3) is 5.71. The molecule has 1 aromatic rings. The van der Waals surface area contributed by atoms with E-state index in [2.05, 4.69) is 5.10 Å². The standard InChI is InChI=1S/C12H23N3O5S/c1-10-12(21(13,16)17)11(2)15(14-10)4-5-19-8-9-20-7-6-18-3/h4-9H2,1-3H3,(H2,13,16,17). The number of rotatable bonds is 10. The van der Waals surface area contributed by atoms with Crippen molar-refractivity contribution in [3.05, 3.63) is 11.4 Å². The van der Waals surface area contributed by atoms with Gasteiger partial charge in [-0.05, 0) is 13.8 Å². The molecule has 0 fully saturated rings. The van der Waals surface area contributed by atoms with E-state index in [0.29, 0.717) is 51.0 Å². The summed E-state index contributed by atoms with van der Waals surface area (Å²) in [7, 11) is -2.13. The van der Waals surface area contributed by atoms with E-state index in [-0.39, 0.29) is 4.90 Å². The number of sulfonamides is 1. The van der Waals surface area contributed by atoms with E-state index in [1.807, 2.05) is 0 Å². The van der Waals surface area contributed by atoms with E-state index in [1.165, 1.54) is 0 Å². The fourth-order valence-electron chi connectivity index (χ4n) is 1.93. The molecule has 1 heterocycles. The molecule has 1 rings (SSSR count). The molecule has 0 aromatic carbocycles. The monoisotopic (exact) mass is 321 g/mol. The predicted molar refractivity (Wildman–Crippen MR) is 76.6 cm³/mol. The normalized spacial score (nSPS) is 12.0. The maximum Gasteiger partial charge on any atom is 0.241 e. The first-order valence-electron chi connectivity index (χ1n) is 6.59. The first-order valence-corrected chi connectivity index (χ1v) is 8.13. The smallest absolute Gasteiger partial charge is 0.241 e. The molecule has 0 aliphatic carbocycles. The Morgan fingerprint density at radius 3 is 2.19 bits per heavy atom. The summed E-state index contributed by atoms with van der Waals surface area (Å²) in [6.45, 7) is 6.21. The molecule has 0 bridgehead atoms. The lowest BCUT2D eigenvalue weighted by Gasteiger charge is -2.07. The summed E-state index contributed by atoms with van der Waals surface area (Å²) in [4.78, 5) is 0.0883. The summed E-state index contributed by atoms with van der Waals surface area (Å²) in [5.74, 6) is 0. The SMILES string of the molecule is COCCOCCOCCn1nc(C)c(S(N)(=O)=O)c1C. The number of hydrogen-bond acceptors (Lipinski definition) is 6. The molecule has 2 N–H and O–H groups in total. The lowest BCUT2D eigenvalue weighted by molar-refractivity contribution is 0.0224. The van der Waals surface area contributed by atoms with Crippen molar-refractivity contribution in [2.45, 2.75) is 25.3 Å². The first kappa shape index (κ1) is 18.1. The van der Waals surface area contributed by atoms with Gasteiger partial charge in [0.15, 0.2) is 0 Å². The highest BCUT2D eigenvalue weighted by Crippen LogP contribution is 2.17. The Labute approximate surface area is 125 Å². The van der Waals surface area contributed by atoms with Crippen molar-refractivity contribution in [2.75, 3.05) is 40.1 Å². The summed E-state index contributed by atoms with van der Waals surface area (Å²) in [5.41, 5.74) is 0.924. The molecule has 0 aliphatic heterocycles. The number of methoxy groups -OCH3 is 1. The minimum absolute atomic E-state index is 0.0883. The van der Waals surface area contributed by atoms with Crippen LogP contribution in [-0.2, 0) is 30.8 Å². The third-order valence-electron chi connectivity index (χ3n) is 2.85. The summed E-state index contributed by atoms with van der Waals surface area (Å²) < 4.78 is 40.0. The van der Waals surface area contributed by atoms with Crippen molar-refractivity contribution in [2.24, 2.45) is 5.14 Å². The van der Waals surface area contributed by atoms with Crippen LogP contribution in [0.25, 0.3) is 0 Å². The minimum Gasteiger partial charge on any atom is -0.382 e. The van der Waals surface area contributed by atoms with Crippen molar-refractivity contribution in [1.82, 2.24) is 9.78 Å². The predicted octanol–water partition coefficient (Wildman–Crippen LogP) is -0.173. The van der Waals surface area contributed by atoms with Gasteiger partial charge >= 0.3 is 0 Å². The number of hydrogen-bond donors (Lipinski definition) is 1. The van der Waals surface area contributed by atoms with Crippen LogP contribution in [0, 0.1) is 13.8 Å². The Balaban J connectivity index is 2.37. The van der Waals surface area contributed by atoms with Crippen LogP contribution in [0.4, 0.5) is 0 Å². The second kappa shape index (κ2) is 8.44. The van der Waals surface area contributed by atoms with Gasteiger partial charge in [-0.3, -0.25) is 4.68 Å². The van der Waals surface area contributed by atoms with Crippen molar-refractivity contribution >= 4 is 10.0 Å². The molecule has 0 saturated heterocycles. The molecule has 8 nitrogen and oxygen atoms in total. The van der Waals surface area contributed by atoms with Gasteiger partial charge in [0, 0.05) is 7.11 Å². The molecular formula is C12H23N3O5S. The van der Waals surface area contributed by atoms with E-state index in [9.17, 15) is 8.42 Å². The molecule has 21 heavy (non-hydrogen) atoms. The van der Waals surface area contributed by atoms with Crippen molar-refractivity contribution in [1.29, 1.82) is 0 Å². The second-order valence-electron chi connectivity index (χ2n) is 4.49. The molecule has 0 atom stereocenters. The van der Waals surface area contributed by atoms with Crippen molar-refractivity contribution < 1.29 is 22.6 Å². The largest absolute Gasteiger partial charge is 0.382 e. The van der Waals surface area contributed by atoms with Gasteiger partial charge in [-0.1, -0.05) is 0 Å². The van der Waals surface area contributed by atoms with Crippen LogP contribution in [0.1, 0.15) is 11.4 Å². The molecular weight excluding hydrogens is 298 g/mol. The highest BCUT2D eigenvalue weighted by molar-refractivity contribution is 7.89. The topological polar surface area (TPSA) is 106 Å². The summed E-state index contributed by atoms with van der Waals surface area (Å²) in [6.07, 6.45) is 0. The number of aryl methyl sites for hydroxylation is 1. The van der Waals surface area contributed by atoms with Gasteiger partial charge < -0.3 is 14.2 Å². The van der Waals surface area contributed by atoms with Crippen LogP contribution in [-0.4, -0.2) is 58.3 Å². The lowest BCUT2D eigenvalue weighted by Crippen LogP contribution is -2.15. The van der Waals surface area contributed by atoms with Crippen molar-refractivity contribution in [3.8, 4) is 0 Å². The second-order valence-corrected chi connectivity index (χ2v) is 5.98. The van der Waals surface area contributed by atoms with Crippen LogP contribution < -0.4 is 5.14 Å². The molecule has 0 unspecified atom stereocenters. The van der Waals surface area contributed by atoms with E-state index < -0.39 is 10.0 Å². The number of nitrogens with two attached hydrogens (primary N) is 1. The molecule has 0 amide bonds. The van der Waals surface area contributed by atoms with E-state index >= 15 is 0 Å². The summed E-state index contributed by atoms with van der Waals surface area (Å²) in [6, 6.07) is 0. The number of aromatic nitrogens is 2.